The van der Waals surface area contributed by atoms with E-state index >= 15 is 0 Å². The standard InChI is InChI=1S/C22H18ClN3O2S/c23-17-9-6-15(7-10-17)8-11-20(27)25-22-24-18-12-13-26(14-19(18)29-22)21(28)16-4-2-1-3-5-16/h1-11H,12-14H2,(H,24,25,27)/b11-8+. The van der Waals surface area contributed by atoms with Gasteiger partial charge in [-0.1, -0.05) is 53.3 Å². The predicted molar refractivity (Wildman–Crippen MR) is 116 cm³/mol. The number of hydrogen-bond donors (Lipinski definition) is 1. The van der Waals surface area contributed by atoms with Crippen LogP contribution in [0.15, 0.2) is 60.7 Å². The lowest BCUT2D eigenvalue weighted by atomic mass is 10.1. The highest BCUT2D eigenvalue weighted by molar-refractivity contribution is 7.15. The van der Waals surface area contributed by atoms with E-state index in [0.29, 0.717) is 35.2 Å². The third-order valence-corrected chi connectivity index (χ3v) is 5.82. The van der Waals surface area contributed by atoms with Gasteiger partial charge in [0.1, 0.15) is 0 Å². The van der Waals surface area contributed by atoms with E-state index in [1.165, 1.54) is 17.4 Å². The van der Waals surface area contributed by atoms with Gasteiger partial charge in [0.05, 0.1) is 12.2 Å². The number of nitrogens with zero attached hydrogens (tertiary/aromatic N) is 2. The highest BCUT2D eigenvalue weighted by atomic mass is 35.5. The fraction of sp³-hybridized carbons (Fsp3) is 0.136. The normalized spacial score (nSPS) is 13.3. The van der Waals surface area contributed by atoms with E-state index in [9.17, 15) is 9.59 Å². The van der Waals surface area contributed by atoms with Gasteiger partial charge in [0, 0.05) is 34.5 Å². The average Bonchev–Trinajstić information content (AvgIpc) is 3.14. The third kappa shape index (κ3) is 4.72. The molecule has 0 fully saturated rings. The largest absolute Gasteiger partial charge is 0.333 e. The molecule has 1 aliphatic heterocycles. The first-order valence-corrected chi connectivity index (χ1v) is 10.4. The number of benzene rings is 2. The molecule has 1 N–H and O–H groups in total. The van der Waals surface area contributed by atoms with Gasteiger partial charge in [-0.25, -0.2) is 4.98 Å². The molecule has 0 saturated carbocycles. The number of carbonyl (C=O) groups excluding carboxylic acids is 2. The molecule has 146 valence electrons. The molecule has 29 heavy (non-hydrogen) atoms. The maximum atomic E-state index is 12.7. The Morgan fingerprint density at radius 1 is 1.10 bits per heavy atom. The minimum atomic E-state index is -0.247. The van der Waals surface area contributed by atoms with Crippen LogP contribution in [0.3, 0.4) is 0 Å². The molecule has 2 heterocycles. The highest BCUT2D eigenvalue weighted by Gasteiger charge is 2.25. The van der Waals surface area contributed by atoms with E-state index in [1.54, 1.807) is 18.2 Å². The quantitative estimate of drug-likeness (QED) is 0.621. The van der Waals surface area contributed by atoms with Crippen LogP contribution >= 0.6 is 22.9 Å². The summed E-state index contributed by atoms with van der Waals surface area (Å²) >= 11 is 7.28. The van der Waals surface area contributed by atoms with E-state index in [4.69, 9.17) is 11.6 Å². The molecule has 1 aliphatic rings. The second-order valence-corrected chi connectivity index (χ2v) is 8.13. The second kappa shape index (κ2) is 8.59. The van der Waals surface area contributed by atoms with Crippen LogP contribution in [0.5, 0.6) is 0 Å². The number of rotatable bonds is 4. The number of carbonyl (C=O) groups is 2. The number of fused-ring (bicyclic) bond motifs is 1. The Balaban J connectivity index is 1.39. The van der Waals surface area contributed by atoms with Crippen molar-refractivity contribution >= 4 is 46.0 Å². The van der Waals surface area contributed by atoms with Gasteiger partial charge in [-0.15, -0.1) is 0 Å². The zero-order valence-corrected chi connectivity index (χ0v) is 17.0. The summed E-state index contributed by atoms with van der Waals surface area (Å²) in [6.07, 6.45) is 3.87. The average molecular weight is 424 g/mol. The molecule has 4 rings (SSSR count). The predicted octanol–water partition coefficient (Wildman–Crippen LogP) is 4.65. The summed E-state index contributed by atoms with van der Waals surface area (Å²) in [6, 6.07) is 16.5. The first kappa shape index (κ1) is 19.4. The smallest absolute Gasteiger partial charge is 0.254 e. The van der Waals surface area contributed by atoms with Gasteiger partial charge in [-0.2, -0.15) is 0 Å². The number of hydrogen-bond acceptors (Lipinski definition) is 4. The summed E-state index contributed by atoms with van der Waals surface area (Å²) in [5.41, 5.74) is 2.52. The SMILES string of the molecule is O=C(/C=C/c1ccc(Cl)cc1)Nc1nc2c(s1)CN(C(=O)c1ccccc1)CC2. The molecule has 5 nitrogen and oxygen atoms in total. The Hall–Kier alpha value is -2.96. The van der Waals surface area contributed by atoms with Crippen molar-refractivity contribution in [3.63, 3.8) is 0 Å². The maximum Gasteiger partial charge on any atom is 0.254 e. The maximum absolute atomic E-state index is 12.7. The van der Waals surface area contributed by atoms with Crippen LogP contribution in [0.2, 0.25) is 5.02 Å². The summed E-state index contributed by atoms with van der Waals surface area (Å²) in [6.45, 7) is 1.13. The molecule has 2 amide bonds. The molecule has 0 atom stereocenters. The van der Waals surface area contributed by atoms with Crippen molar-refractivity contribution in [2.45, 2.75) is 13.0 Å². The molecule has 0 saturated heterocycles. The number of halogens is 1. The first-order chi connectivity index (χ1) is 14.1. The lowest BCUT2D eigenvalue weighted by molar-refractivity contribution is -0.111. The van der Waals surface area contributed by atoms with E-state index in [-0.39, 0.29) is 11.8 Å². The van der Waals surface area contributed by atoms with Crippen molar-refractivity contribution in [2.24, 2.45) is 0 Å². The third-order valence-electron chi connectivity index (χ3n) is 4.57. The molecule has 0 radical (unpaired) electrons. The Kier molecular flexibility index (Phi) is 5.74. The number of anilines is 1. The molecule has 3 aromatic rings. The molecular formula is C22H18ClN3O2S. The molecule has 0 spiro atoms. The molecular weight excluding hydrogens is 406 g/mol. The van der Waals surface area contributed by atoms with Crippen LogP contribution in [0.1, 0.15) is 26.5 Å². The Morgan fingerprint density at radius 3 is 2.62 bits per heavy atom. The second-order valence-electron chi connectivity index (χ2n) is 6.61. The van der Waals surface area contributed by atoms with Crippen molar-refractivity contribution in [3.8, 4) is 0 Å². The van der Waals surface area contributed by atoms with E-state index in [1.807, 2.05) is 47.4 Å². The van der Waals surface area contributed by atoms with Gasteiger partial charge in [0.2, 0.25) is 5.91 Å². The van der Waals surface area contributed by atoms with Gasteiger partial charge >= 0.3 is 0 Å². The lowest BCUT2D eigenvalue weighted by Gasteiger charge is -2.26. The van der Waals surface area contributed by atoms with Crippen LogP contribution in [-0.4, -0.2) is 28.2 Å². The number of aromatic nitrogens is 1. The number of thiazole rings is 1. The monoisotopic (exact) mass is 423 g/mol. The van der Waals surface area contributed by atoms with Crippen molar-refractivity contribution in [3.05, 3.63) is 87.4 Å². The molecule has 0 unspecified atom stereocenters. The molecule has 0 bridgehead atoms. The number of amides is 2. The zero-order chi connectivity index (χ0) is 20.2. The van der Waals surface area contributed by atoms with Crippen LogP contribution in [-0.2, 0) is 17.8 Å². The van der Waals surface area contributed by atoms with Gasteiger partial charge in [-0.3, -0.25) is 14.9 Å². The lowest BCUT2D eigenvalue weighted by Crippen LogP contribution is -2.35. The van der Waals surface area contributed by atoms with Gasteiger partial charge in [0.15, 0.2) is 5.13 Å². The summed E-state index contributed by atoms with van der Waals surface area (Å²) in [5.74, 6) is -0.232. The molecule has 1 aromatic heterocycles. The summed E-state index contributed by atoms with van der Waals surface area (Å²) < 4.78 is 0. The molecule has 0 aliphatic carbocycles. The van der Waals surface area contributed by atoms with Gasteiger partial charge in [0.25, 0.3) is 5.91 Å². The minimum Gasteiger partial charge on any atom is -0.333 e. The van der Waals surface area contributed by atoms with Crippen molar-refractivity contribution < 1.29 is 9.59 Å². The zero-order valence-electron chi connectivity index (χ0n) is 15.5. The minimum absolute atomic E-state index is 0.0149. The summed E-state index contributed by atoms with van der Waals surface area (Å²) in [5, 5.41) is 4.01. The van der Waals surface area contributed by atoms with Crippen LogP contribution in [0.4, 0.5) is 5.13 Å². The van der Waals surface area contributed by atoms with E-state index in [0.717, 1.165) is 16.1 Å². The Bertz CT molecular complexity index is 1060. The van der Waals surface area contributed by atoms with E-state index < -0.39 is 0 Å². The molecule has 2 aromatic carbocycles. The van der Waals surface area contributed by atoms with Crippen molar-refractivity contribution in [1.29, 1.82) is 0 Å². The van der Waals surface area contributed by atoms with Crippen LogP contribution in [0.25, 0.3) is 6.08 Å². The topological polar surface area (TPSA) is 62.3 Å². The molecule has 7 heteroatoms. The van der Waals surface area contributed by atoms with Crippen LogP contribution in [0, 0.1) is 0 Å². The van der Waals surface area contributed by atoms with Gasteiger partial charge in [-0.05, 0) is 35.9 Å². The highest BCUT2D eigenvalue weighted by Crippen LogP contribution is 2.29. The number of nitrogens with one attached hydrogen (secondary N) is 1. The van der Waals surface area contributed by atoms with Crippen LogP contribution < -0.4 is 5.32 Å². The Labute approximate surface area is 177 Å². The Morgan fingerprint density at radius 2 is 1.86 bits per heavy atom. The first-order valence-electron chi connectivity index (χ1n) is 9.16. The van der Waals surface area contributed by atoms with Crippen molar-refractivity contribution in [2.75, 3.05) is 11.9 Å². The summed E-state index contributed by atoms with van der Waals surface area (Å²) in [7, 11) is 0. The van der Waals surface area contributed by atoms with E-state index in [2.05, 4.69) is 10.3 Å². The fourth-order valence-corrected chi connectivity index (χ4v) is 4.23. The fourth-order valence-electron chi connectivity index (χ4n) is 3.08. The van der Waals surface area contributed by atoms with Gasteiger partial charge < -0.3 is 4.90 Å². The van der Waals surface area contributed by atoms with Crippen molar-refractivity contribution in [1.82, 2.24) is 9.88 Å². The summed E-state index contributed by atoms with van der Waals surface area (Å²) in [4.78, 5) is 32.2.